The number of hydrogen-bond acceptors (Lipinski definition) is 2. The van der Waals surface area contributed by atoms with Crippen LogP contribution in [0, 0.1) is 0 Å². The van der Waals surface area contributed by atoms with Crippen LogP contribution in [0.3, 0.4) is 0 Å². The van der Waals surface area contributed by atoms with Crippen LogP contribution in [-0.4, -0.2) is 29.9 Å². The molecule has 0 atom stereocenters. The van der Waals surface area contributed by atoms with E-state index in [9.17, 15) is 0 Å². The van der Waals surface area contributed by atoms with Crippen molar-refractivity contribution < 1.29 is 9.47 Å². The summed E-state index contributed by atoms with van der Waals surface area (Å²) in [6.07, 6.45) is 14.5. The molecule has 0 aromatic carbocycles. The summed E-state index contributed by atoms with van der Waals surface area (Å²) in [4.78, 5) is 0. The van der Waals surface area contributed by atoms with Crippen molar-refractivity contribution in [3.63, 3.8) is 0 Å². The number of methoxy groups -OCH3 is 2. The first-order valence-electron chi connectivity index (χ1n) is 7.14. The molecule has 0 heterocycles. The van der Waals surface area contributed by atoms with Crippen molar-refractivity contribution >= 4 is 10.2 Å². The van der Waals surface area contributed by atoms with Gasteiger partial charge in [-0.2, -0.15) is 0 Å². The molecular weight excluding hydrogens is 240 g/mol. The third-order valence-electron chi connectivity index (χ3n) is 3.32. The van der Waals surface area contributed by atoms with E-state index in [1.54, 1.807) is 14.2 Å². The molecule has 0 aromatic heterocycles. The molecule has 0 rings (SSSR count). The molecule has 0 bridgehead atoms. The van der Waals surface area contributed by atoms with E-state index >= 15 is 0 Å². The van der Waals surface area contributed by atoms with Gasteiger partial charge in [0.05, 0.1) is 0 Å². The van der Waals surface area contributed by atoms with Gasteiger partial charge in [-0.05, 0) is 25.7 Å². The summed E-state index contributed by atoms with van der Waals surface area (Å²) in [5.74, 6) is 0. The average Bonchev–Trinajstić information content (AvgIpc) is 2.40. The van der Waals surface area contributed by atoms with Gasteiger partial charge in [0.1, 0.15) is 15.7 Å². The lowest BCUT2D eigenvalue weighted by Crippen LogP contribution is -2.33. The predicted octanol–water partition coefficient (Wildman–Crippen LogP) is 4.19. The Bertz CT molecular complexity index is 191. The molecule has 105 valence electrons. The van der Waals surface area contributed by atoms with E-state index in [1.165, 1.54) is 51.4 Å². The molecule has 0 saturated carbocycles. The first kappa shape index (κ1) is 17.9. The second-order valence-corrected chi connectivity index (χ2v) is 5.58. The van der Waals surface area contributed by atoms with Crippen molar-refractivity contribution in [1.82, 2.24) is 0 Å². The summed E-state index contributed by atoms with van der Waals surface area (Å²) < 4.78 is 10.5. The molecule has 0 fully saturated rings. The van der Waals surface area contributed by atoms with Crippen LogP contribution in [0.25, 0.3) is 0 Å². The highest BCUT2D eigenvalue weighted by Crippen LogP contribution is 2.17. The maximum Gasteiger partial charge on any atom is 0.143 e. The second-order valence-electron chi connectivity index (χ2n) is 4.82. The minimum atomic E-state index is -0.579. The smallest absolute Gasteiger partial charge is 0.143 e. The lowest BCUT2D eigenvalue weighted by Gasteiger charge is -2.26. The van der Waals surface area contributed by atoms with Gasteiger partial charge in [0, 0.05) is 14.2 Å². The summed E-state index contributed by atoms with van der Waals surface area (Å²) >= 11 is 0. The molecule has 0 aliphatic rings. The fourth-order valence-electron chi connectivity index (χ4n) is 1.99. The lowest BCUT2D eigenvalue weighted by molar-refractivity contribution is -0.146. The number of rotatable bonds is 13. The summed E-state index contributed by atoms with van der Waals surface area (Å²) in [5, 5.41) is 0. The van der Waals surface area contributed by atoms with Gasteiger partial charge in [0.2, 0.25) is 0 Å². The van der Waals surface area contributed by atoms with Gasteiger partial charge in [-0.15, -0.1) is 6.58 Å². The number of hydrogen-bond donors (Lipinski definition) is 0. The van der Waals surface area contributed by atoms with Gasteiger partial charge in [0.25, 0.3) is 0 Å². The monoisotopic (exact) mass is 269 g/mol. The SMILES string of the molecule is C=CCCCCCCCCCCC([Si])(OC)OC. The first-order valence-corrected chi connectivity index (χ1v) is 7.64. The minimum absolute atomic E-state index is 0.579. The predicted molar refractivity (Wildman–Crippen MR) is 78.9 cm³/mol. The highest BCUT2D eigenvalue weighted by molar-refractivity contribution is 6.13. The van der Waals surface area contributed by atoms with Crippen molar-refractivity contribution in [2.24, 2.45) is 0 Å². The molecule has 0 aliphatic heterocycles. The zero-order valence-corrected chi connectivity index (χ0v) is 13.2. The van der Waals surface area contributed by atoms with Gasteiger partial charge in [-0.3, -0.25) is 0 Å². The Morgan fingerprint density at radius 3 is 1.78 bits per heavy atom. The molecule has 0 N–H and O–H groups in total. The lowest BCUT2D eigenvalue weighted by atomic mass is 10.1. The van der Waals surface area contributed by atoms with Crippen molar-refractivity contribution in [3.8, 4) is 0 Å². The molecule has 0 aliphatic carbocycles. The number of ether oxygens (including phenoxy) is 2. The highest BCUT2D eigenvalue weighted by atomic mass is 28.1. The fourth-order valence-corrected chi connectivity index (χ4v) is 2.17. The van der Waals surface area contributed by atoms with Crippen LogP contribution < -0.4 is 0 Å². The molecule has 2 nitrogen and oxygen atoms in total. The Balaban J connectivity index is 3.23. The molecule has 18 heavy (non-hydrogen) atoms. The van der Waals surface area contributed by atoms with E-state index in [-0.39, 0.29) is 0 Å². The average molecular weight is 269 g/mol. The van der Waals surface area contributed by atoms with Crippen molar-refractivity contribution in [3.05, 3.63) is 12.7 Å². The summed E-state index contributed by atoms with van der Waals surface area (Å²) in [6, 6.07) is 0. The highest BCUT2D eigenvalue weighted by Gasteiger charge is 2.21. The van der Waals surface area contributed by atoms with E-state index in [0.29, 0.717) is 0 Å². The quantitative estimate of drug-likeness (QED) is 0.216. The van der Waals surface area contributed by atoms with Crippen LogP contribution >= 0.6 is 0 Å². The van der Waals surface area contributed by atoms with Crippen molar-refractivity contribution in [2.75, 3.05) is 14.2 Å². The molecule has 0 spiro atoms. The van der Waals surface area contributed by atoms with Gasteiger partial charge >= 0.3 is 0 Å². The maximum atomic E-state index is 5.25. The van der Waals surface area contributed by atoms with Gasteiger partial charge in [-0.25, -0.2) is 0 Å². The minimum Gasteiger partial charge on any atom is -0.358 e. The molecule has 3 heteroatoms. The van der Waals surface area contributed by atoms with Crippen LogP contribution in [-0.2, 0) is 9.47 Å². The van der Waals surface area contributed by atoms with Gasteiger partial charge in [-0.1, -0.05) is 44.6 Å². The standard InChI is InChI=1S/C15H29O2Si/c1-4-5-6-7-8-9-10-11-12-13-14-15(18,16-2)17-3/h4H,1,5-14H2,2-3H3. The molecule has 0 unspecified atom stereocenters. The number of allylic oxidation sites excluding steroid dienone is 1. The topological polar surface area (TPSA) is 18.5 Å². The van der Waals surface area contributed by atoms with Gasteiger partial charge in [0.15, 0.2) is 0 Å². The van der Waals surface area contributed by atoms with Crippen molar-refractivity contribution in [1.29, 1.82) is 0 Å². The van der Waals surface area contributed by atoms with E-state index in [1.807, 2.05) is 6.08 Å². The van der Waals surface area contributed by atoms with Crippen LogP contribution in [0.4, 0.5) is 0 Å². The number of unbranched alkanes of at least 4 members (excludes halogenated alkanes) is 8. The molecule has 3 radical (unpaired) electrons. The molecule has 0 amide bonds. The Morgan fingerprint density at radius 1 is 0.889 bits per heavy atom. The zero-order valence-electron chi connectivity index (χ0n) is 12.2. The van der Waals surface area contributed by atoms with E-state index in [0.717, 1.165) is 12.8 Å². The Kier molecular flexibility index (Phi) is 11.9. The first-order chi connectivity index (χ1) is 8.68. The van der Waals surface area contributed by atoms with Gasteiger partial charge < -0.3 is 9.47 Å². The largest absolute Gasteiger partial charge is 0.358 e. The van der Waals surface area contributed by atoms with E-state index in [4.69, 9.17) is 9.47 Å². The Hall–Kier alpha value is -0.123. The molecule has 0 aromatic rings. The third-order valence-corrected chi connectivity index (χ3v) is 3.98. The Labute approximate surface area is 117 Å². The van der Waals surface area contributed by atoms with Crippen LogP contribution in [0.15, 0.2) is 12.7 Å². The maximum absolute atomic E-state index is 5.25. The molecule has 0 saturated heterocycles. The van der Waals surface area contributed by atoms with E-state index < -0.39 is 5.41 Å². The van der Waals surface area contributed by atoms with Crippen LogP contribution in [0.2, 0.25) is 0 Å². The third kappa shape index (κ3) is 9.86. The molecular formula is C15H29O2Si. The van der Waals surface area contributed by atoms with Crippen LogP contribution in [0.5, 0.6) is 0 Å². The Morgan fingerprint density at radius 2 is 1.33 bits per heavy atom. The summed E-state index contributed by atoms with van der Waals surface area (Å²) in [7, 11) is 6.84. The van der Waals surface area contributed by atoms with Crippen molar-refractivity contribution in [2.45, 2.75) is 69.6 Å². The summed E-state index contributed by atoms with van der Waals surface area (Å²) in [5.41, 5.74) is -0.579. The summed E-state index contributed by atoms with van der Waals surface area (Å²) in [6.45, 7) is 3.74. The zero-order chi connectivity index (χ0) is 13.7. The van der Waals surface area contributed by atoms with E-state index in [2.05, 4.69) is 16.8 Å². The second kappa shape index (κ2) is 11.9. The fraction of sp³-hybridized carbons (Fsp3) is 0.867. The normalized spacial score (nSPS) is 11.7. The van der Waals surface area contributed by atoms with Crippen LogP contribution in [0.1, 0.15) is 64.2 Å².